The zero-order valence-electron chi connectivity index (χ0n) is 16.3. The first-order valence-electron chi connectivity index (χ1n) is 9.58. The number of nitrogens with zero attached hydrogens (tertiary/aromatic N) is 3. The Morgan fingerprint density at radius 2 is 2.32 bits per heavy atom. The first-order valence-corrected chi connectivity index (χ1v) is 9.58. The summed E-state index contributed by atoms with van der Waals surface area (Å²) >= 11 is 0. The average Bonchev–Trinajstić information content (AvgIpc) is 3.00. The van der Waals surface area contributed by atoms with Crippen LogP contribution >= 0.6 is 0 Å². The lowest BCUT2D eigenvalue weighted by molar-refractivity contribution is 0.0422. The van der Waals surface area contributed by atoms with Crippen molar-refractivity contribution in [1.82, 2.24) is 4.90 Å². The van der Waals surface area contributed by atoms with Gasteiger partial charge in [-0.2, -0.15) is 0 Å². The van der Waals surface area contributed by atoms with Gasteiger partial charge in [-0.3, -0.25) is 4.99 Å². The Balaban J connectivity index is 1.63. The second-order valence-electron chi connectivity index (χ2n) is 6.72. The van der Waals surface area contributed by atoms with Gasteiger partial charge in [-0.05, 0) is 18.6 Å². The SMILES string of the molecule is C=C[C@H]1COCCN1C1=NC=NC(C(=N)c2cccc(OCCOC)c2)CC1. The molecule has 1 unspecified atom stereocenters. The van der Waals surface area contributed by atoms with Crippen molar-refractivity contribution in [3.63, 3.8) is 0 Å². The van der Waals surface area contributed by atoms with Crippen molar-refractivity contribution in [2.24, 2.45) is 9.98 Å². The summed E-state index contributed by atoms with van der Waals surface area (Å²) in [5, 5.41) is 8.62. The van der Waals surface area contributed by atoms with Crippen LogP contribution < -0.4 is 4.74 Å². The molecule has 0 amide bonds. The van der Waals surface area contributed by atoms with Crippen LogP contribution in [-0.4, -0.2) is 75.0 Å². The molecule has 1 N–H and O–H groups in total. The van der Waals surface area contributed by atoms with Crippen LogP contribution in [0.15, 0.2) is 46.9 Å². The number of ether oxygens (including phenoxy) is 3. The van der Waals surface area contributed by atoms with Crippen LogP contribution in [0.2, 0.25) is 0 Å². The zero-order valence-corrected chi connectivity index (χ0v) is 16.3. The van der Waals surface area contributed by atoms with E-state index in [1.165, 1.54) is 0 Å². The Morgan fingerprint density at radius 1 is 1.43 bits per heavy atom. The van der Waals surface area contributed by atoms with Crippen LogP contribution in [0.1, 0.15) is 18.4 Å². The van der Waals surface area contributed by atoms with E-state index >= 15 is 0 Å². The second kappa shape index (κ2) is 10.1. The minimum atomic E-state index is -0.223. The molecule has 28 heavy (non-hydrogen) atoms. The second-order valence-corrected chi connectivity index (χ2v) is 6.72. The number of amidine groups is 1. The first-order chi connectivity index (χ1) is 13.7. The maximum absolute atomic E-state index is 8.62. The van der Waals surface area contributed by atoms with Crippen molar-refractivity contribution in [2.45, 2.75) is 24.9 Å². The number of rotatable bonds is 7. The number of nitrogens with one attached hydrogen (secondary N) is 1. The van der Waals surface area contributed by atoms with Gasteiger partial charge in [-0.25, -0.2) is 4.99 Å². The Morgan fingerprint density at radius 3 is 3.14 bits per heavy atom. The summed E-state index contributed by atoms with van der Waals surface area (Å²) < 4.78 is 16.2. The summed E-state index contributed by atoms with van der Waals surface area (Å²) in [6.07, 6.45) is 5.00. The molecule has 2 heterocycles. The summed E-state index contributed by atoms with van der Waals surface area (Å²) in [4.78, 5) is 11.3. The third kappa shape index (κ3) is 5.05. The Hall–Kier alpha value is -2.51. The smallest absolute Gasteiger partial charge is 0.120 e. The van der Waals surface area contributed by atoms with E-state index in [2.05, 4.69) is 21.5 Å². The average molecular weight is 384 g/mol. The number of hydrogen-bond donors (Lipinski definition) is 1. The van der Waals surface area contributed by atoms with Crippen LogP contribution in [0.25, 0.3) is 0 Å². The van der Waals surface area contributed by atoms with Crippen molar-refractivity contribution in [1.29, 1.82) is 5.41 Å². The van der Waals surface area contributed by atoms with E-state index in [0.717, 1.165) is 36.5 Å². The van der Waals surface area contributed by atoms with Crippen LogP contribution in [0.5, 0.6) is 5.75 Å². The minimum Gasteiger partial charge on any atom is -0.491 e. The monoisotopic (exact) mass is 384 g/mol. The van der Waals surface area contributed by atoms with E-state index in [0.29, 0.717) is 32.1 Å². The fraction of sp³-hybridized carbons (Fsp3) is 0.476. The predicted molar refractivity (Wildman–Crippen MR) is 111 cm³/mol. The molecule has 2 aliphatic heterocycles. The molecular formula is C21H28N4O3. The molecule has 0 spiro atoms. The number of hydrogen-bond acceptors (Lipinski definition) is 7. The van der Waals surface area contributed by atoms with E-state index in [1.54, 1.807) is 13.4 Å². The fourth-order valence-corrected chi connectivity index (χ4v) is 3.35. The largest absolute Gasteiger partial charge is 0.491 e. The summed E-state index contributed by atoms with van der Waals surface area (Å²) in [5.41, 5.74) is 1.29. The Bertz CT molecular complexity index is 747. The van der Waals surface area contributed by atoms with Gasteiger partial charge in [0.05, 0.1) is 37.6 Å². The molecule has 0 bridgehead atoms. The van der Waals surface area contributed by atoms with Gasteiger partial charge in [0.15, 0.2) is 0 Å². The molecule has 0 saturated carbocycles. The van der Waals surface area contributed by atoms with E-state index in [9.17, 15) is 0 Å². The molecule has 1 saturated heterocycles. The van der Waals surface area contributed by atoms with E-state index < -0.39 is 0 Å². The molecule has 7 heteroatoms. The lowest BCUT2D eigenvalue weighted by Gasteiger charge is -2.36. The highest BCUT2D eigenvalue weighted by molar-refractivity contribution is 6.04. The first kappa shape index (κ1) is 20.2. The normalized spacial score (nSPS) is 22.3. The lowest BCUT2D eigenvalue weighted by atomic mass is 9.99. The molecule has 1 aromatic rings. The predicted octanol–water partition coefficient (Wildman–Crippen LogP) is 2.56. The van der Waals surface area contributed by atoms with Gasteiger partial charge in [-0.1, -0.05) is 18.2 Å². The van der Waals surface area contributed by atoms with Gasteiger partial charge in [0.25, 0.3) is 0 Å². The number of morpholine rings is 1. The molecular weight excluding hydrogens is 356 g/mol. The van der Waals surface area contributed by atoms with Crippen LogP contribution in [0.4, 0.5) is 0 Å². The molecule has 150 valence electrons. The number of aliphatic imine (C=N–C) groups is 2. The highest BCUT2D eigenvalue weighted by Crippen LogP contribution is 2.20. The van der Waals surface area contributed by atoms with Crippen molar-refractivity contribution in [3.05, 3.63) is 42.5 Å². The van der Waals surface area contributed by atoms with E-state index in [4.69, 9.17) is 19.6 Å². The fourth-order valence-electron chi connectivity index (χ4n) is 3.35. The third-order valence-electron chi connectivity index (χ3n) is 4.90. The maximum Gasteiger partial charge on any atom is 0.120 e. The molecule has 1 aromatic carbocycles. The van der Waals surface area contributed by atoms with Crippen LogP contribution in [-0.2, 0) is 9.47 Å². The molecule has 0 radical (unpaired) electrons. The molecule has 0 aliphatic carbocycles. The molecule has 3 rings (SSSR count). The quantitative estimate of drug-likeness (QED) is 0.445. The van der Waals surface area contributed by atoms with E-state index in [1.807, 2.05) is 30.3 Å². The highest BCUT2D eigenvalue weighted by atomic mass is 16.5. The Kier molecular flexibility index (Phi) is 7.33. The zero-order chi connectivity index (χ0) is 19.8. The summed E-state index contributed by atoms with van der Waals surface area (Å²) in [5.74, 6) is 1.72. The number of benzene rings is 1. The topological polar surface area (TPSA) is 79.5 Å². The highest BCUT2D eigenvalue weighted by Gasteiger charge is 2.26. The number of methoxy groups -OCH3 is 1. The van der Waals surface area contributed by atoms with Crippen molar-refractivity contribution in [3.8, 4) is 5.75 Å². The minimum absolute atomic E-state index is 0.137. The standard InChI is InChI=1S/C21H28N4O3/c1-3-17-14-27-10-9-25(17)20-8-7-19(23-15-24-20)21(22)16-5-4-6-18(13-16)28-12-11-26-2/h3-6,13,15,17,19,22H,1,7-12,14H2,2H3/t17-,19?/m0/s1. The van der Waals surface area contributed by atoms with Gasteiger partial charge in [0, 0.05) is 25.6 Å². The lowest BCUT2D eigenvalue weighted by Crippen LogP contribution is -2.47. The molecule has 2 atom stereocenters. The molecule has 7 nitrogen and oxygen atoms in total. The van der Waals surface area contributed by atoms with Crippen molar-refractivity contribution >= 4 is 17.9 Å². The Labute approximate surface area is 166 Å². The summed E-state index contributed by atoms with van der Waals surface area (Å²) in [7, 11) is 1.64. The van der Waals surface area contributed by atoms with E-state index in [-0.39, 0.29) is 12.1 Å². The molecule has 1 fully saturated rings. The van der Waals surface area contributed by atoms with Gasteiger partial charge >= 0.3 is 0 Å². The summed E-state index contributed by atoms with van der Waals surface area (Å²) in [6, 6.07) is 7.50. The van der Waals surface area contributed by atoms with Crippen molar-refractivity contribution < 1.29 is 14.2 Å². The molecule has 0 aromatic heterocycles. The van der Waals surface area contributed by atoms with Gasteiger partial charge in [-0.15, -0.1) is 6.58 Å². The maximum atomic E-state index is 8.62. The van der Waals surface area contributed by atoms with Crippen molar-refractivity contribution in [2.75, 3.05) is 40.1 Å². The van der Waals surface area contributed by atoms with Gasteiger partial charge in [0.1, 0.15) is 24.5 Å². The molecule has 2 aliphatic rings. The van der Waals surface area contributed by atoms with Gasteiger partial charge in [0.2, 0.25) is 0 Å². The van der Waals surface area contributed by atoms with Gasteiger partial charge < -0.3 is 24.5 Å². The summed E-state index contributed by atoms with van der Waals surface area (Å²) in [6.45, 7) is 7.04. The van der Waals surface area contributed by atoms with Crippen LogP contribution in [0, 0.1) is 5.41 Å². The van der Waals surface area contributed by atoms with Crippen LogP contribution in [0.3, 0.4) is 0 Å². The third-order valence-corrected chi connectivity index (χ3v) is 4.90.